The Labute approximate surface area is 181 Å². The summed E-state index contributed by atoms with van der Waals surface area (Å²) in [5.74, 6) is 0. The molecule has 0 aromatic carbocycles. The third-order valence-electron chi connectivity index (χ3n) is 6.64. The van der Waals surface area contributed by atoms with Crippen molar-refractivity contribution in [3.05, 3.63) is 36.4 Å². The van der Waals surface area contributed by atoms with Crippen molar-refractivity contribution in [2.24, 2.45) is 0 Å². The predicted molar refractivity (Wildman–Crippen MR) is 116 cm³/mol. The molecule has 0 aliphatic carbocycles. The van der Waals surface area contributed by atoms with Crippen LogP contribution in [0, 0.1) is 11.3 Å². The maximum Gasteiger partial charge on any atom is 0.496 e. The highest BCUT2D eigenvalue weighted by atomic mass is 16.7. The minimum Gasteiger partial charge on any atom is -0.399 e. The molecule has 0 N–H and O–H groups in total. The summed E-state index contributed by atoms with van der Waals surface area (Å²) < 4.78 is 22.0. The molecule has 5 rings (SSSR count). The van der Waals surface area contributed by atoms with Crippen molar-refractivity contribution in [1.82, 2.24) is 19.4 Å². The molecule has 3 aromatic heterocycles. The zero-order valence-electron chi connectivity index (χ0n) is 18.3. The Bertz CT molecular complexity index is 1150. The molecular formula is C22H26BN5O3. The lowest BCUT2D eigenvalue weighted by Gasteiger charge is -2.32. The van der Waals surface area contributed by atoms with Crippen molar-refractivity contribution >= 4 is 18.1 Å². The van der Waals surface area contributed by atoms with Gasteiger partial charge in [0.25, 0.3) is 0 Å². The monoisotopic (exact) mass is 419 g/mol. The van der Waals surface area contributed by atoms with Crippen LogP contribution in [0.25, 0.3) is 16.6 Å². The van der Waals surface area contributed by atoms with Crippen molar-refractivity contribution in [1.29, 1.82) is 5.26 Å². The second-order valence-electron chi connectivity index (χ2n) is 9.27. The average molecular weight is 419 g/mol. The van der Waals surface area contributed by atoms with Crippen LogP contribution >= 0.6 is 0 Å². The predicted octanol–water partition coefficient (Wildman–Crippen LogP) is 3.07. The molecule has 9 heteroatoms. The standard InChI is InChI=1S/C22H26BN5O3/c1-21(2)22(3,4)31-23(30-21)17-9-18(20-15(10-24)11-26-28(20)14-17)16-12-25-27(13-16)19-7-5-6-8-29-19/h9,11-14,19H,5-8H2,1-4H3. The molecule has 2 fully saturated rings. The van der Waals surface area contributed by atoms with Crippen molar-refractivity contribution in [2.75, 3.05) is 6.61 Å². The molecule has 0 radical (unpaired) electrons. The lowest BCUT2D eigenvalue weighted by atomic mass is 9.79. The molecule has 0 spiro atoms. The summed E-state index contributed by atoms with van der Waals surface area (Å²) in [6.07, 6.45) is 10.4. The van der Waals surface area contributed by atoms with Gasteiger partial charge in [-0.15, -0.1) is 0 Å². The summed E-state index contributed by atoms with van der Waals surface area (Å²) in [6, 6.07) is 4.26. The summed E-state index contributed by atoms with van der Waals surface area (Å²) in [5, 5.41) is 18.6. The molecule has 1 atom stereocenters. The van der Waals surface area contributed by atoms with Gasteiger partial charge in [-0.25, -0.2) is 9.20 Å². The van der Waals surface area contributed by atoms with Gasteiger partial charge in [0.05, 0.1) is 34.7 Å². The van der Waals surface area contributed by atoms with Gasteiger partial charge in [0.1, 0.15) is 12.3 Å². The minimum atomic E-state index is -0.528. The first-order valence-electron chi connectivity index (χ1n) is 10.7. The highest BCUT2D eigenvalue weighted by Gasteiger charge is 2.52. The summed E-state index contributed by atoms with van der Waals surface area (Å²) in [7, 11) is -0.528. The number of nitriles is 1. The molecule has 31 heavy (non-hydrogen) atoms. The summed E-state index contributed by atoms with van der Waals surface area (Å²) in [4.78, 5) is 0. The molecule has 2 saturated heterocycles. The largest absolute Gasteiger partial charge is 0.496 e. The van der Waals surface area contributed by atoms with E-state index in [4.69, 9.17) is 14.0 Å². The highest BCUT2D eigenvalue weighted by molar-refractivity contribution is 6.62. The topological polar surface area (TPSA) is 86.6 Å². The first-order valence-corrected chi connectivity index (χ1v) is 10.7. The first kappa shape index (κ1) is 20.2. The minimum absolute atomic E-state index is 0.0508. The molecule has 8 nitrogen and oxygen atoms in total. The maximum atomic E-state index is 9.63. The molecule has 0 saturated carbocycles. The van der Waals surface area contributed by atoms with Crippen LogP contribution in [0.3, 0.4) is 0 Å². The average Bonchev–Trinajstić information content (AvgIpc) is 3.44. The van der Waals surface area contributed by atoms with Crippen LogP contribution in [-0.2, 0) is 14.0 Å². The first-order chi connectivity index (χ1) is 14.8. The van der Waals surface area contributed by atoms with E-state index < -0.39 is 18.3 Å². The van der Waals surface area contributed by atoms with Gasteiger partial charge in [-0.1, -0.05) is 6.07 Å². The molecule has 2 aliphatic rings. The summed E-state index contributed by atoms with van der Waals surface area (Å²) in [5.41, 5.74) is 2.97. The number of hydrogen-bond acceptors (Lipinski definition) is 6. The normalized spacial score (nSPS) is 22.7. The van der Waals surface area contributed by atoms with Crippen molar-refractivity contribution < 1.29 is 14.0 Å². The van der Waals surface area contributed by atoms with E-state index in [2.05, 4.69) is 16.3 Å². The fourth-order valence-electron chi connectivity index (χ4n) is 4.12. The quantitative estimate of drug-likeness (QED) is 0.607. The SMILES string of the molecule is CC1(C)OB(c2cc(-c3cnn(C4CCCCO4)c3)c3c(C#N)cnn3c2)OC1(C)C. The van der Waals surface area contributed by atoms with E-state index in [1.54, 1.807) is 10.7 Å². The highest BCUT2D eigenvalue weighted by Crippen LogP contribution is 2.37. The van der Waals surface area contributed by atoms with Crippen LogP contribution < -0.4 is 5.46 Å². The number of hydrogen-bond donors (Lipinski definition) is 0. The van der Waals surface area contributed by atoms with Gasteiger partial charge >= 0.3 is 7.12 Å². The Morgan fingerprint density at radius 2 is 1.87 bits per heavy atom. The van der Waals surface area contributed by atoms with Crippen LogP contribution in [0.15, 0.2) is 30.9 Å². The zero-order valence-corrected chi connectivity index (χ0v) is 18.3. The summed E-state index contributed by atoms with van der Waals surface area (Å²) >= 11 is 0. The van der Waals surface area contributed by atoms with E-state index in [0.717, 1.165) is 48.0 Å². The van der Waals surface area contributed by atoms with E-state index in [0.29, 0.717) is 5.56 Å². The van der Waals surface area contributed by atoms with Crippen molar-refractivity contribution in [3.63, 3.8) is 0 Å². The van der Waals surface area contributed by atoms with Crippen LogP contribution in [0.1, 0.15) is 58.7 Å². The number of rotatable bonds is 3. The lowest BCUT2D eigenvalue weighted by Crippen LogP contribution is -2.41. The zero-order chi connectivity index (χ0) is 21.8. The van der Waals surface area contributed by atoms with Gasteiger partial charge in [0, 0.05) is 35.6 Å². The second kappa shape index (κ2) is 7.19. The molecule has 160 valence electrons. The third kappa shape index (κ3) is 3.35. The van der Waals surface area contributed by atoms with Gasteiger partial charge < -0.3 is 14.0 Å². The Kier molecular flexibility index (Phi) is 4.70. The Morgan fingerprint density at radius 1 is 1.10 bits per heavy atom. The summed E-state index contributed by atoms with van der Waals surface area (Å²) in [6.45, 7) is 8.87. The van der Waals surface area contributed by atoms with Gasteiger partial charge in [-0.2, -0.15) is 15.5 Å². The number of fused-ring (bicyclic) bond motifs is 1. The number of pyridine rings is 1. The molecular weight excluding hydrogens is 393 g/mol. The molecule has 2 aliphatic heterocycles. The van der Waals surface area contributed by atoms with E-state index >= 15 is 0 Å². The third-order valence-corrected chi connectivity index (χ3v) is 6.64. The van der Waals surface area contributed by atoms with Gasteiger partial charge in [0.2, 0.25) is 0 Å². The van der Waals surface area contributed by atoms with E-state index in [9.17, 15) is 5.26 Å². The number of aromatic nitrogens is 4. The van der Waals surface area contributed by atoms with E-state index in [1.807, 2.05) is 57.0 Å². The second-order valence-corrected chi connectivity index (χ2v) is 9.27. The van der Waals surface area contributed by atoms with Crippen LogP contribution in [0.2, 0.25) is 0 Å². The van der Waals surface area contributed by atoms with Gasteiger partial charge in [-0.05, 0) is 47.0 Å². The molecule has 0 amide bonds. The molecule has 1 unspecified atom stereocenters. The van der Waals surface area contributed by atoms with E-state index in [-0.39, 0.29) is 6.23 Å². The van der Waals surface area contributed by atoms with Crippen molar-refractivity contribution in [3.8, 4) is 17.2 Å². The van der Waals surface area contributed by atoms with Crippen molar-refractivity contribution in [2.45, 2.75) is 64.4 Å². The van der Waals surface area contributed by atoms with Crippen LogP contribution in [0.4, 0.5) is 0 Å². The maximum absolute atomic E-state index is 9.63. The Hall–Kier alpha value is -2.67. The van der Waals surface area contributed by atoms with Crippen LogP contribution in [-0.4, -0.2) is 44.3 Å². The van der Waals surface area contributed by atoms with E-state index in [1.165, 1.54) is 0 Å². The van der Waals surface area contributed by atoms with Gasteiger partial charge in [-0.3, -0.25) is 0 Å². The molecule has 0 bridgehead atoms. The van der Waals surface area contributed by atoms with Crippen LogP contribution in [0.5, 0.6) is 0 Å². The van der Waals surface area contributed by atoms with Gasteiger partial charge in [0.15, 0.2) is 0 Å². The number of ether oxygens (including phenoxy) is 1. The fraction of sp³-hybridized carbons (Fsp3) is 0.500. The smallest absolute Gasteiger partial charge is 0.399 e. The fourth-order valence-corrected chi connectivity index (χ4v) is 4.12. The Morgan fingerprint density at radius 3 is 2.55 bits per heavy atom. The number of nitrogens with zero attached hydrogens (tertiary/aromatic N) is 5. The Balaban J connectivity index is 1.60. The lowest BCUT2D eigenvalue weighted by molar-refractivity contribution is -0.0394. The molecule has 5 heterocycles. The molecule has 3 aromatic rings.